The molecule has 2 aromatic heterocycles. The van der Waals surface area contributed by atoms with Crippen LogP contribution in [0.15, 0.2) is 36.5 Å². The van der Waals surface area contributed by atoms with Gasteiger partial charge in [0.05, 0.1) is 30.1 Å². The second-order valence-electron chi connectivity index (χ2n) is 8.47. The summed E-state index contributed by atoms with van der Waals surface area (Å²) in [6, 6.07) is 10.7. The molecule has 1 atom stereocenters. The first kappa shape index (κ1) is 20.2. The van der Waals surface area contributed by atoms with Gasteiger partial charge in [0.2, 0.25) is 0 Å². The molecule has 1 aromatic carbocycles. The normalized spacial score (nSPS) is 19.5. The van der Waals surface area contributed by atoms with E-state index in [2.05, 4.69) is 44.8 Å². The van der Waals surface area contributed by atoms with E-state index in [1.165, 1.54) is 18.5 Å². The Balaban J connectivity index is 1.43. The van der Waals surface area contributed by atoms with Crippen molar-refractivity contribution in [2.75, 3.05) is 56.2 Å². The van der Waals surface area contributed by atoms with Crippen LogP contribution in [0.2, 0.25) is 0 Å². The fraction of sp³-hybridized carbons (Fsp3) is 0.458. The van der Waals surface area contributed by atoms with Gasteiger partial charge in [-0.05, 0) is 57.0 Å². The summed E-state index contributed by atoms with van der Waals surface area (Å²) in [5, 5.41) is 7.06. The minimum atomic E-state index is 0.612. The van der Waals surface area contributed by atoms with Crippen molar-refractivity contribution in [2.45, 2.75) is 19.8 Å². The first-order valence-electron chi connectivity index (χ1n) is 11.3. The third kappa shape index (κ3) is 4.62. The molecule has 7 heteroatoms. The summed E-state index contributed by atoms with van der Waals surface area (Å²) in [4.78, 5) is 16.7. The zero-order valence-electron chi connectivity index (χ0n) is 18.1. The smallest absolute Gasteiger partial charge is 0.154 e. The van der Waals surface area contributed by atoms with Gasteiger partial charge in [0.25, 0.3) is 0 Å². The quantitative estimate of drug-likeness (QED) is 0.659. The number of benzene rings is 1. The molecule has 31 heavy (non-hydrogen) atoms. The minimum Gasteiger partial charge on any atom is -0.378 e. The Bertz CT molecular complexity index is 1030. The molecule has 0 unspecified atom stereocenters. The van der Waals surface area contributed by atoms with Crippen molar-refractivity contribution in [1.82, 2.24) is 20.3 Å². The van der Waals surface area contributed by atoms with E-state index in [0.29, 0.717) is 5.92 Å². The highest BCUT2D eigenvalue weighted by Crippen LogP contribution is 2.28. The molecule has 5 rings (SSSR count). The molecule has 0 spiro atoms. The average molecular weight is 419 g/mol. The van der Waals surface area contributed by atoms with Gasteiger partial charge in [-0.3, -0.25) is 0 Å². The summed E-state index contributed by atoms with van der Waals surface area (Å²) in [5.74, 6) is 1.43. The van der Waals surface area contributed by atoms with E-state index < -0.39 is 0 Å². The van der Waals surface area contributed by atoms with E-state index in [9.17, 15) is 0 Å². The van der Waals surface area contributed by atoms with E-state index in [1.807, 2.05) is 19.2 Å². The summed E-state index contributed by atoms with van der Waals surface area (Å²) in [6.07, 6.45) is 4.29. The summed E-state index contributed by atoms with van der Waals surface area (Å²) < 4.78 is 5.47. The number of nitrogens with zero attached hydrogens (tertiary/aromatic N) is 4. The molecule has 2 aliphatic heterocycles. The van der Waals surface area contributed by atoms with Crippen molar-refractivity contribution < 1.29 is 4.74 Å². The number of morpholine rings is 1. The van der Waals surface area contributed by atoms with Gasteiger partial charge in [-0.15, -0.1) is 0 Å². The average Bonchev–Trinajstić information content (AvgIpc) is 2.83. The molecule has 0 radical (unpaired) electrons. The van der Waals surface area contributed by atoms with Gasteiger partial charge < -0.3 is 20.3 Å². The lowest BCUT2D eigenvalue weighted by atomic mass is 10.00. The minimum absolute atomic E-state index is 0.612. The van der Waals surface area contributed by atoms with Crippen LogP contribution in [0.3, 0.4) is 0 Å². The summed E-state index contributed by atoms with van der Waals surface area (Å²) >= 11 is 0. The fourth-order valence-corrected chi connectivity index (χ4v) is 4.39. The Morgan fingerprint density at radius 3 is 2.77 bits per heavy atom. The maximum absolute atomic E-state index is 5.47. The first-order valence-corrected chi connectivity index (χ1v) is 11.3. The zero-order valence-corrected chi connectivity index (χ0v) is 18.1. The van der Waals surface area contributed by atoms with Gasteiger partial charge in [0.15, 0.2) is 5.82 Å². The lowest BCUT2D eigenvalue weighted by Crippen LogP contribution is -2.36. The molecule has 2 N–H and O–H groups in total. The first-order chi connectivity index (χ1) is 15.3. The molecular weight excluding hydrogens is 388 g/mol. The van der Waals surface area contributed by atoms with Crippen LogP contribution >= 0.6 is 0 Å². The highest BCUT2D eigenvalue weighted by molar-refractivity contribution is 5.88. The third-order valence-corrected chi connectivity index (χ3v) is 6.15. The second-order valence-corrected chi connectivity index (χ2v) is 8.47. The lowest BCUT2D eigenvalue weighted by molar-refractivity contribution is 0.122. The molecule has 7 nitrogen and oxygen atoms in total. The number of anilines is 2. The van der Waals surface area contributed by atoms with Gasteiger partial charge in [0.1, 0.15) is 5.52 Å². The van der Waals surface area contributed by atoms with Gasteiger partial charge in [0, 0.05) is 37.1 Å². The molecule has 0 aliphatic carbocycles. The van der Waals surface area contributed by atoms with Crippen molar-refractivity contribution >= 4 is 22.5 Å². The number of rotatable bonds is 5. The van der Waals surface area contributed by atoms with Crippen LogP contribution in [-0.2, 0) is 4.74 Å². The molecule has 2 saturated heterocycles. The Labute approximate surface area is 183 Å². The number of hydrogen-bond acceptors (Lipinski definition) is 7. The third-order valence-electron chi connectivity index (χ3n) is 6.15. The molecule has 162 valence electrons. The standard InChI is InChI=1S/C24H30N6O/c1-17-14-26-23-22(28-17)13-21(29-24(23)27-16-18-3-2-8-25-15-18)19-4-6-20(7-5-19)30-9-11-31-12-10-30/h4-7,13-14,18,25H,2-3,8-12,15-16H2,1H3,(H,27,29)/t18-/m0/s1. The number of aromatic nitrogens is 3. The maximum Gasteiger partial charge on any atom is 0.154 e. The summed E-state index contributed by atoms with van der Waals surface area (Å²) in [6.45, 7) is 8.50. The monoisotopic (exact) mass is 418 g/mol. The van der Waals surface area contributed by atoms with Gasteiger partial charge in [-0.1, -0.05) is 12.1 Å². The second kappa shape index (κ2) is 9.16. The topological polar surface area (TPSA) is 75.2 Å². The van der Waals surface area contributed by atoms with E-state index in [-0.39, 0.29) is 0 Å². The number of ether oxygens (including phenoxy) is 1. The van der Waals surface area contributed by atoms with Gasteiger partial charge in [-0.25, -0.2) is 15.0 Å². The maximum atomic E-state index is 5.47. The molecule has 2 aliphatic rings. The predicted molar refractivity (Wildman–Crippen MR) is 125 cm³/mol. The van der Waals surface area contributed by atoms with Crippen molar-refractivity contribution in [3.63, 3.8) is 0 Å². The number of nitrogens with one attached hydrogen (secondary N) is 2. The van der Waals surface area contributed by atoms with Crippen LogP contribution in [0.4, 0.5) is 11.5 Å². The number of piperidine rings is 1. The number of pyridine rings is 1. The summed E-state index contributed by atoms with van der Waals surface area (Å²) in [7, 11) is 0. The Hall–Kier alpha value is -2.77. The zero-order chi connectivity index (χ0) is 21.0. The highest BCUT2D eigenvalue weighted by atomic mass is 16.5. The Morgan fingerprint density at radius 2 is 2.00 bits per heavy atom. The van der Waals surface area contributed by atoms with Crippen molar-refractivity contribution in [2.24, 2.45) is 5.92 Å². The fourth-order valence-electron chi connectivity index (χ4n) is 4.39. The number of fused-ring (bicyclic) bond motifs is 1. The molecule has 0 saturated carbocycles. The summed E-state index contributed by atoms with van der Waals surface area (Å²) in [5.41, 5.74) is 5.87. The molecular formula is C24H30N6O. The van der Waals surface area contributed by atoms with Crippen LogP contribution in [0.1, 0.15) is 18.5 Å². The largest absolute Gasteiger partial charge is 0.378 e. The lowest BCUT2D eigenvalue weighted by Gasteiger charge is -2.28. The van der Waals surface area contributed by atoms with Crippen molar-refractivity contribution in [1.29, 1.82) is 0 Å². The van der Waals surface area contributed by atoms with E-state index in [4.69, 9.17) is 14.7 Å². The predicted octanol–water partition coefficient (Wildman–Crippen LogP) is 3.25. The number of aryl methyl sites for hydroxylation is 1. The Morgan fingerprint density at radius 1 is 1.16 bits per heavy atom. The molecule has 3 aromatic rings. The Kier molecular flexibility index (Phi) is 5.95. The van der Waals surface area contributed by atoms with E-state index in [1.54, 1.807) is 0 Å². The van der Waals surface area contributed by atoms with Crippen LogP contribution in [0.25, 0.3) is 22.3 Å². The SMILES string of the molecule is Cc1cnc2c(NC[C@H]3CCCNC3)nc(-c3ccc(N4CCOCC4)cc3)cc2n1. The molecule has 0 bridgehead atoms. The molecule has 2 fully saturated rings. The van der Waals surface area contributed by atoms with E-state index >= 15 is 0 Å². The van der Waals surface area contributed by atoms with Crippen LogP contribution in [0, 0.1) is 12.8 Å². The van der Waals surface area contributed by atoms with Crippen LogP contribution < -0.4 is 15.5 Å². The van der Waals surface area contributed by atoms with E-state index in [0.717, 1.165) is 79.7 Å². The van der Waals surface area contributed by atoms with Gasteiger partial charge >= 0.3 is 0 Å². The molecule has 4 heterocycles. The number of hydrogen-bond donors (Lipinski definition) is 2. The highest BCUT2D eigenvalue weighted by Gasteiger charge is 2.16. The van der Waals surface area contributed by atoms with Crippen LogP contribution in [-0.4, -0.2) is 60.9 Å². The van der Waals surface area contributed by atoms with Crippen molar-refractivity contribution in [3.05, 3.63) is 42.2 Å². The van der Waals surface area contributed by atoms with Crippen molar-refractivity contribution in [3.8, 4) is 11.3 Å². The molecule has 0 amide bonds. The van der Waals surface area contributed by atoms with Crippen LogP contribution in [0.5, 0.6) is 0 Å². The van der Waals surface area contributed by atoms with Gasteiger partial charge in [-0.2, -0.15) is 0 Å².